The van der Waals surface area contributed by atoms with Gasteiger partial charge in [0.25, 0.3) is 5.91 Å². The lowest BCUT2D eigenvalue weighted by molar-refractivity contribution is -0.138. The van der Waals surface area contributed by atoms with Gasteiger partial charge in [0.1, 0.15) is 17.0 Å². The Bertz CT molecular complexity index is 1020. The number of hydrogen-bond acceptors (Lipinski definition) is 7. The van der Waals surface area contributed by atoms with E-state index in [1.807, 2.05) is 32.0 Å². The lowest BCUT2D eigenvalue weighted by Gasteiger charge is -2.33. The Balaban J connectivity index is 1.74. The molecule has 9 heteroatoms. The fraction of sp³-hybridized carbons (Fsp3) is 0.476. The van der Waals surface area contributed by atoms with Crippen LogP contribution in [0.15, 0.2) is 34.9 Å². The van der Waals surface area contributed by atoms with Crippen molar-refractivity contribution in [2.75, 3.05) is 18.1 Å². The molecular formula is C21H26N2O6S. The number of amides is 1. The Kier molecular flexibility index (Phi) is 6.60. The molecule has 0 radical (unpaired) electrons. The first-order valence-electron chi connectivity index (χ1n) is 9.94. The van der Waals surface area contributed by atoms with Gasteiger partial charge in [0, 0.05) is 17.6 Å². The quantitative estimate of drug-likeness (QED) is 0.617. The van der Waals surface area contributed by atoms with Gasteiger partial charge in [-0.2, -0.15) is 0 Å². The van der Waals surface area contributed by atoms with E-state index in [0.29, 0.717) is 29.9 Å². The van der Waals surface area contributed by atoms with Gasteiger partial charge < -0.3 is 14.2 Å². The van der Waals surface area contributed by atoms with Crippen molar-refractivity contribution in [1.82, 2.24) is 10.1 Å². The molecule has 1 aromatic carbocycles. The molecule has 2 atom stereocenters. The molecule has 0 aliphatic carbocycles. The third-order valence-corrected chi connectivity index (χ3v) is 7.15. The maximum atomic E-state index is 12.9. The molecule has 0 spiro atoms. The molecule has 2 heterocycles. The van der Waals surface area contributed by atoms with Crippen LogP contribution in [0, 0.1) is 6.92 Å². The number of aryl methyl sites for hydroxylation is 1. The summed E-state index contributed by atoms with van der Waals surface area (Å²) in [5.41, 5.74) is 1.23. The summed E-state index contributed by atoms with van der Waals surface area (Å²) in [4.78, 5) is 27.1. The highest BCUT2D eigenvalue weighted by Gasteiger charge is 2.37. The molecule has 0 N–H and O–H groups in total. The molecule has 3 rings (SSSR count). The van der Waals surface area contributed by atoms with E-state index < -0.39 is 34.4 Å². The molecular weight excluding hydrogens is 408 g/mol. The summed E-state index contributed by atoms with van der Waals surface area (Å²) in [5, 5.41) is 3.95. The van der Waals surface area contributed by atoms with E-state index in [1.54, 1.807) is 24.0 Å². The van der Waals surface area contributed by atoms with E-state index in [9.17, 15) is 18.0 Å². The number of esters is 1. The Morgan fingerprint density at radius 1 is 1.30 bits per heavy atom. The van der Waals surface area contributed by atoms with Crippen LogP contribution < -0.4 is 0 Å². The summed E-state index contributed by atoms with van der Waals surface area (Å²) < 4.78 is 34.2. The van der Waals surface area contributed by atoms with E-state index in [4.69, 9.17) is 9.26 Å². The number of carbonyl (C=O) groups excluding carboxylic acids is 2. The van der Waals surface area contributed by atoms with E-state index >= 15 is 0 Å². The van der Waals surface area contributed by atoms with Crippen LogP contribution in [-0.2, 0) is 19.4 Å². The number of nitrogens with zero attached hydrogens (tertiary/aromatic N) is 2. The van der Waals surface area contributed by atoms with E-state index in [-0.39, 0.29) is 23.1 Å². The van der Waals surface area contributed by atoms with Gasteiger partial charge >= 0.3 is 5.97 Å². The lowest BCUT2D eigenvalue weighted by Crippen LogP contribution is -2.48. The van der Waals surface area contributed by atoms with Crippen molar-refractivity contribution in [3.8, 4) is 11.3 Å². The second kappa shape index (κ2) is 8.99. The SMILES string of the molecule is CCC(C)N(C(=O)COC(=O)c1c(-c2ccccc2)noc1C)C1CCS(=O)(=O)C1. The van der Waals surface area contributed by atoms with Crippen molar-refractivity contribution in [2.24, 2.45) is 0 Å². The summed E-state index contributed by atoms with van der Waals surface area (Å²) in [5.74, 6) is -0.802. The van der Waals surface area contributed by atoms with Gasteiger partial charge in [-0.25, -0.2) is 13.2 Å². The van der Waals surface area contributed by atoms with E-state index in [2.05, 4.69) is 5.16 Å². The number of sulfone groups is 1. The fourth-order valence-electron chi connectivity index (χ4n) is 3.68. The predicted molar refractivity (Wildman–Crippen MR) is 111 cm³/mol. The van der Waals surface area contributed by atoms with Crippen molar-refractivity contribution in [3.63, 3.8) is 0 Å². The number of ether oxygens (including phenoxy) is 1. The minimum Gasteiger partial charge on any atom is -0.452 e. The molecule has 1 saturated heterocycles. The van der Waals surface area contributed by atoms with Gasteiger partial charge in [0.15, 0.2) is 16.4 Å². The molecule has 1 aromatic heterocycles. The maximum Gasteiger partial charge on any atom is 0.344 e. The molecule has 1 aliphatic rings. The molecule has 1 fully saturated rings. The number of carbonyl (C=O) groups is 2. The molecule has 1 amide bonds. The van der Waals surface area contributed by atoms with Crippen LogP contribution in [0.2, 0.25) is 0 Å². The van der Waals surface area contributed by atoms with Crippen LogP contribution >= 0.6 is 0 Å². The number of rotatable bonds is 7. The third kappa shape index (κ3) is 4.72. The molecule has 0 saturated carbocycles. The molecule has 2 aromatic rings. The zero-order valence-corrected chi connectivity index (χ0v) is 18.1. The minimum atomic E-state index is -3.15. The van der Waals surface area contributed by atoms with Crippen LogP contribution in [0.25, 0.3) is 11.3 Å². The van der Waals surface area contributed by atoms with Gasteiger partial charge in [0.05, 0.1) is 11.5 Å². The van der Waals surface area contributed by atoms with Crippen molar-refractivity contribution < 1.29 is 27.3 Å². The van der Waals surface area contributed by atoms with Gasteiger partial charge in [-0.3, -0.25) is 4.79 Å². The number of aromatic nitrogens is 1. The largest absolute Gasteiger partial charge is 0.452 e. The van der Waals surface area contributed by atoms with Crippen LogP contribution in [0.3, 0.4) is 0 Å². The van der Waals surface area contributed by atoms with Crippen LogP contribution in [-0.4, -0.2) is 60.5 Å². The zero-order valence-electron chi connectivity index (χ0n) is 17.3. The first-order valence-corrected chi connectivity index (χ1v) is 11.8. The molecule has 162 valence electrons. The molecule has 1 aliphatic heterocycles. The predicted octanol–water partition coefficient (Wildman–Crippen LogP) is 2.62. The van der Waals surface area contributed by atoms with Crippen molar-refractivity contribution >= 4 is 21.7 Å². The van der Waals surface area contributed by atoms with Crippen molar-refractivity contribution in [1.29, 1.82) is 0 Å². The van der Waals surface area contributed by atoms with Crippen molar-refractivity contribution in [3.05, 3.63) is 41.7 Å². The Morgan fingerprint density at radius 2 is 2.00 bits per heavy atom. The summed E-state index contributed by atoms with van der Waals surface area (Å²) in [7, 11) is -3.15. The third-order valence-electron chi connectivity index (χ3n) is 5.40. The average Bonchev–Trinajstić information content (AvgIpc) is 3.28. The standard InChI is InChI=1S/C21H26N2O6S/c1-4-14(2)23(17-10-11-30(26,27)13-17)18(24)12-28-21(25)19-15(3)29-22-20(19)16-8-6-5-7-9-16/h5-9,14,17H,4,10-13H2,1-3H3. The highest BCUT2D eigenvalue weighted by molar-refractivity contribution is 7.91. The summed E-state index contributed by atoms with van der Waals surface area (Å²) in [6, 6.07) is 8.52. The second-order valence-corrected chi connectivity index (χ2v) is 9.75. The van der Waals surface area contributed by atoms with Crippen molar-refractivity contribution in [2.45, 2.75) is 45.7 Å². The molecule has 30 heavy (non-hydrogen) atoms. The first kappa shape index (κ1) is 22.0. The highest BCUT2D eigenvalue weighted by Crippen LogP contribution is 2.26. The summed E-state index contributed by atoms with van der Waals surface area (Å²) in [6.45, 7) is 4.92. The van der Waals surface area contributed by atoms with Gasteiger partial charge in [-0.15, -0.1) is 0 Å². The van der Waals surface area contributed by atoms with Crippen LogP contribution in [0.5, 0.6) is 0 Å². The van der Waals surface area contributed by atoms with E-state index in [0.717, 1.165) is 0 Å². The highest BCUT2D eigenvalue weighted by atomic mass is 32.2. The summed E-state index contributed by atoms with van der Waals surface area (Å²) in [6.07, 6.45) is 1.06. The summed E-state index contributed by atoms with van der Waals surface area (Å²) >= 11 is 0. The van der Waals surface area contributed by atoms with Gasteiger partial charge in [0.2, 0.25) is 0 Å². The molecule has 0 bridgehead atoms. The number of hydrogen-bond donors (Lipinski definition) is 0. The van der Waals surface area contributed by atoms with E-state index in [1.165, 1.54) is 0 Å². The van der Waals surface area contributed by atoms with Gasteiger partial charge in [-0.1, -0.05) is 42.4 Å². The van der Waals surface area contributed by atoms with Gasteiger partial charge in [-0.05, 0) is 26.7 Å². The molecule has 8 nitrogen and oxygen atoms in total. The molecule has 2 unspecified atom stereocenters. The Morgan fingerprint density at radius 3 is 2.60 bits per heavy atom. The zero-order chi connectivity index (χ0) is 21.9. The maximum absolute atomic E-state index is 12.9. The lowest BCUT2D eigenvalue weighted by atomic mass is 10.1. The minimum absolute atomic E-state index is 0.0556. The van der Waals surface area contributed by atoms with Crippen LogP contribution in [0.4, 0.5) is 0 Å². The normalized spacial score (nSPS) is 18.7. The van der Waals surface area contributed by atoms with Crippen LogP contribution in [0.1, 0.15) is 42.8 Å². The average molecular weight is 435 g/mol. The first-order chi connectivity index (χ1) is 14.2. The Labute approximate surface area is 176 Å². The second-order valence-electron chi connectivity index (χ2n) is 7.52. The Hall–Kier alpha value is -2.68. The topological polar surface area (TPSA) is 107 Å². The number of benzene rings is 1. The monoisotopic (exact) mass is 434 g/mol. The fourth-order valence-corrected chi connectivity index (χ4v) is 5.39. The smallest absolute Gasteiger partial charge is 0.344 e.